The molecule has 6 heteroatoms. The number of nitrogens with zero attached hydrogens (tertiary/aromatic N) is 4. The largest absolute Gasteiger partial charge is 2.00 e. The third kappa shape index (κ3) is 5.03. The molecule has 0 bridgehead atoms. The Hall–Kier alpha value is -5.25. The summed E-state index contributed by atoms with van der Waals surface area (Å²) in [5.41, 5.74) is 9.22. The summed E-state index contributed by atoms with van der Waals surface area (Å²) in [6.45, 7) is 9.12. The predicted molar refractivity (Wildman–Crippen MR) is 200 cm³/mol. The molecule has 0 spiro atoms. The van der Waals surface area contributed by atoms with Crippen molar-refractivity contribution < 1.29 is 25.8 Å². The molecular weight excluding hydrogens is 796 g/mol. The SMILES string of the molecule is CC(C)c1cccc(C(C)C)c1-c1cccc2c1c1ccc(Oc3[c-]c4c(cc3)c3ccccc3n4-c3ccccn3)[c-]c1c1nccn21.[Pt+2]. The van der Waals surface area contributed by atoms with Crippen LogP contribution in [-0.4, -0.2) is 18.9 Å². The fraction of sp³-hybridized carbons (Fsp3) is 0.136. The number of imidazole rings is 1. The minimum atomic E-state index is 0. The Labute approximate surface area is 305 Å². The van der Waals surface area contributed by atoms with Gasteiger partial charge in [-0.1, -0.05) is 105 Å². The van der Waals surface area contributed by atoms with Gasteiger partial charge >= 0.3 is 21.1 Å². The molecule has 0 saturated carbocycles. The van der Waals surface area contributed by atoms with Crippen LogP contribution in [0.5, 0.6) is 11.5 Å². The third-order valence-corrected chi connectivity index (χ3v) is 9.65. The van der Waals surface area contributed by atoms with Crippen LogP contribution in [0.3, 0.4) is 0 Å². The molecule has 0 N–H and O–H groups in total. The summed E-state index contributed by atoms with van der Waals surface area (Å²) in [7, 11) is 0. The first kappa shape index (κ1) is 32.0. The molecule has 50 heavy (non-hydrogen) atoms. The number of hydrogen-bond donors (Lipinski definition) is 0. The fourth-order valence-corrected chi connectivity index (χ4v) is 7.47. The van der Waals surface area contributed by atoms with E-state index in [1.807, 2.05) is 48.9 Å². The van der Waals surface area contributed by atoms with E-state index in [4.69, 9.17) is 9.72 Å². The van der Waals surface area contributed by atoms with Crippen LogP contribution in [-0.2, 0) is 21.1 Å². The van der Waals surface area contributed by atoms with Gasteiger partial charge in [0.2, 0.25) is 0 Å². The van der Waals surface area contributed by atoms with Gasteiger partial charge in [-0.25, -0.2) is 4.98 Å². The van der Waals surface area contributed by atoms with Crippen molar-refractivity contribution in [1.82, 2.24) is 18.9 Å². The van der Waals surface area contributed by atoms with E-state index in [0.29, 0.717) is 23.3 Å². The van der Waals surface area contributed by atoms with Gasteiger partial charge in [0, 0.05) is 41.1 Å². The van der Waals surface area contributed by atoms with Crippen LogP contribution in [0, 0.1) is 12.1 Å². The Morgan fingerprint density at radius 2 is 1.32 bits per heavy atom. The van der Waals surface area contributed by atoms with Crippen molar-refractivity contribution in [3.8, 4) is 28.4 Å². The predicted octanol–water partition coefficient (Wildman–Crippen LogP) is 11.4. The molecule has 4 heterocycles. The van der Waals surface area contributed by atoms with Gasteiger partial charge in [0.15, 0.2) is 0 Å². The van der Waals surface area contributed by atoms with Gasteiger partial charge in [0.05, 0.1) is 5.65 Å². The number of fused-ring (bicyclic) bond motifs is 9. The van der Waals surface area contributed by atoms with Crippen LogP contribution in [0.25, 0.3) is 66.1 Å². The molecular formula is C44H34N4OPt. The minimum Gasteiger partial charge on any atom is -0.503 e. The second-order valence-electron chi connectivity index (χ2n) is 13.3. The Bertz CT molecular complexity index is 2680. The van der Waals surface area contributed by atoms with E-state index in [-0.39, 0.29) is 21.1 Å². The number of benzene rings is 5. The molecule has 5 nitrogen and oxygen atoms in total. The number of pyridine rings is 2. The van der Waals surface area contributed by atoms with Gasteiger partial charge in [-0.15, -0.1) is 29.7 Å². The van der Waals surface area contributed by atoms with Crippen LogP contribution in [0.1, 0.15) is 50.7 Å². The number of aromatic nitrogens is 4. The zero-order valence-corrected chi connectivity index (χ0v) is 30.5. The summed E-state index contributed by atoms with van der Waals surface area (Å²) in [5, 5.41) is 5.44. The average Bonchev–Trinajstić information content (AvgIpc) is 3.75. The Morgan fingerprint density at radius 3 is 2.08 bits per heavy atom. The van der Waals surface area contributed by atoms with Gasteiger partial charge in [-0.05, 0) is 69.1 Å². The van der Waals surface area contributed by atoms with Crippen molar-refractivity contribution in [2.45, 2.75) is 39.5 Å². The zero-order chi connectivity index (χ0) is 33.2. The van der Waals surface area contributed by atoms with E-state index in [9.17, 15) is 0 Å². The van der Waals surface area contributed by atoms with E-state index in [1.165, 1.54) is 27.6 Å². The van der Waals surface area contributed by atoms with Crippen molar-refractivity contribution in [2.24, 2.45) is 0 Å². The molecule has 5 aromatic carbocycles. The quantitative estimate of drug-likeness (QED) is 0.124. The molecule has 246 valence electrons. The summed E-state index contributed by atoms with van der Waals surface area (Å²) < 4.78 is 10.9. The Balaban J connectivity index is 0.00000361. The van der Waals surface area contributed by atoms with Gasteiger partial charge in [-0.2, -0.15) is 6.07 Å². The molecule has 0 aliphatic carbocycles. The molecule has 0 saturated heterocycles. The topological polar surface area (TPSA) is 44.3 Å². The van der Waals surface area contributed by atoms with Gasteiger partial charge in [0.25, 0.3) is 0 Å². The van der Waals surface area contributed by atoms with E-state index in [2.05, 4.69) is 127 Å². The first-order valence-electron chi connectivity index (χ1n) is 16.9. The third-order valence-electron chi connectivity index (χ3n) is 9.65. The molecule has 0 radical (unpaired) electrons. The maximum absolute atomic E-state index is 6.55. The number of para-hydroxylation sites is 1. The number of ether oxygens (including phenoxy) is 1. The monoisotopic (exact) mass is 829 g/mol. The second-order valence-corrected chi connectivity index (χ2v) is 13.3. The summed E-state index contributed by atoms with van der Waals surface area (Å²) in [6.07, 6.45) is 5.72. The van der Waals surface area contributed by atoms with E-state index in [1.54, 1.807) is 0 Å². The summed E-state index contributed by atoms with van der Waals surface area (Å²) in [6, 6.07) is 43.2. The summed E-state index contributed by atoms with van der Waals surface area (Å²) >= 11 is 0. The molecule has 0 fully saturated rings. The van der Waals surface area contributed by atoms with Crippen LogP contribution in [0.2, 0.25) is 0 Å². The maximum atomic E-state index is 6.55. The average molecular weight is 830 g/mol. The first-order valence-corrected chi connectivity index (χ1v) is 16.9. The molecule has 4 aromatic heterocycles. The van der Waals surface area contributed by atoms with Gasteiger partial charge < -0.3 is 13.7 Å². The van der Waals surface area contributed by atoms with E-state index in [0.717, 1.165) is 49.6 Å². The molecule has 0 amide bonds. The smallest absolute Gasteiger partial charge is 0.503 e. The van der Waals surface area contributed by atoms with E-state index < -0.39 is 0 Å². The van der Waals surface area contributed by atoms with Gasteiger partial charge in [0.1, 0.15) is 5.82 Å². The molecule has 0 atom stereocenters. The van der Waals surface area contributed by atoms with Crippen LogP contribution in [0.15, 0.2) is 122 Å². The number of rotatable bonds is 6. The zero-order valence-electron chi connectivity index (χ0n) is 28.2. The standard InChI is InChI=1S/C44H34N4O.Pt/c1-27(2)31-12-9-13-32(28(3)4)42(31)36-14-10-16-39-43(36)35-21-19-29(25-37(35)44-46-23-24-47(39)44)49-30-18-20-34-33-11-5-6-15-38(33)48(40(34)26-30)41-17-7-8-22-45-41;/h5-24,27-28H,1-4H3;/q-2;+2. The molecule has 0 aliphatic heterocycles. The van der Waals surface area contributed by atoms with Gasteiger partial charge in [-0.3, -0.25) is 4.98 Å². The minimum absolute atomic E-state index is 0. The Morgan fingerprint density at radius 1 is 0.620 bits per heavy atom. The van der Waals surface area contributed by atoms with E-state index >= 15 is 0 Å². The van der Waals surface area contributed by atoms with Crippen molar-refractivity contribution in [3.05, 3.63) is 145 Å². The Kier molecular flexibility index (Phi) is 8.04. The van der Waals surface area contributed by atoms with Crippen LogP contribution >= 0.6 is 0 Å². The molecule has 0 unspecified atom stereocenters. The summed E-state index contributed by atoms with van der Waals surface area (Å²) in [4.78, 5) is 9.47. The van der Waals surface area contributed by atoms with Crippen molar-refractivity contribution in [1.29, 1.82) is 0 Å². The van der Waals surface area contributed by atoms with Crippen molar-refractivity contribution in [2.75, 3.05) is 0 Å². The van der Waals surface area contributed by atoms with Crippen molar-refractivity contribution >= 4 is 49.1 Å². The van der Waals surface area contributed by atoms with Crippen LogP contribution < -0.4 is 4.74 Å². The van der Waals surface area contributed by atoms with Crippen LogP contribution in [0.4, 0.5) is 0 Å². The molecule has 0 aliphatic rings. The first-order chi connectivity index (χ1) is 24.0. The molecule has 9 rings (SSSR count). The fourth-order valence-electron chi connectivity index (χ4n) is 7.47. The van der Waals surface area contributed by atoms with Crippen molar-refractivity contribution in [3.63, 3.8) is 0 Å². The maximum Gasteiger partial charge on any atom is 2.00 e. The molecule has 9 aromatic rings. The number of hydrogen-bond acceptors (Lipinski definition) is 3. The normalized spacial score (nSPS) is 11.8. The second kappa shape index (κ2) is 12.6. The summed E-state index contributed by atoms with van der Waals surface area (Å²) in [5.74, 6) is 2.81.